The number of aliphatic hydroxyl groups is 1. The van der Waals surface area contributed by atoms with Crippen LogP contribution in [0, 0.1) is 5.92 Å². The number of halogens is 1. The number of rotatable bonds is 5. The molecule has 0 atom stereocenters. The van der Waals surface area contributed by atoms with Crippen LogP contribution in [-0.2, 0) is 6.61 Å². The average molecular weight is 298 g/mol. The summed E-state index contributed by atoms with van der Waals surface area (Å²) >= 11 is 3.52. The third-order valence-corrected chi connectivity index (χ3v) is 3.80. The molecule has 0 aliphatic heterocycles. The molecular weight excluding hydrogens is 278 g/mol. The zero-order valence-corrected chi connectivity index (χ0v) is 12.1. The molecule has 3 heteroatoms. The second-order valence-electron chi connectivity index (χ2n) is 5.12. The summed E-state index contributed by atoms with van der Waals surface area (Å²) < 4.78 is 1.08. The number of hydrogen-bond donors (Lipinski definition) is 1. The lowest BCUT2D eigenvalue weighted by atomic mass is 10.1. The van der Waals surface area contributed by atoms with E-state index in [-0.39, 0.29) is 6.61 Å². The van der Waals surface area contributed by atoms with Gasteiger partial charge in [0.25, 0.3) is 0 Å². The van der Waals surface area contributed by atoms with E-state index in [9.17, 15) is 5.11 Å². The average Bonchev–Trinajstić information content (AvgIpc) is 3.09. The maximum Gasteiger partial charge on any atom is 0.0702 e. The Balaban J connectivity index is 2.29. The number of anilines is 1. The first-order chi connectivity index (χ1) is 8.11. The first kappa shape index (κ1) is 12.9. The van der Waals surface area contributed by atoms with Gasteiger partial charge in [0.2, 0.25) is 0 Å². The van der Waals surface area contributed by atoms with Gasteiger partial charge < -0.3 is 10.0 Å². The Morgan fingerprint density at radius 3 is 2.65 bits per heavy atom. The van der Waals surface area contributed by atoms with Gasteiger partial charge in [-0.2, -0.15) is 0 Å². The van der Waals surface area contributed by atoms with Gasteiger partial charge in [0.15, 0.2) is 0 Å². The second-order valence-corrected chi connectivity index (χ2v) is 6.04. The molecule has 1 aromatic carbocycles. The second kappa shape index (κ2) is 5.40. The van der Waals surface area contributed by atoms with Crippen LogP contribution in [0.4, 0.5) is 5.69 Å². The Bertz CT molecular complexity index is 388. The molecule has 0 amide bonds. The molecule has 0 aromatic heterocycles. The molecular formula is C14H20BrNO. The van der Waals surface area contributed by atoms with Crippen LogP contribution in [-0.4, -0.2) is 17.7 Å². The number of hydrogen-bond acceptors (Lipinski definition) is 2. The monoisotopic (exact) mass is 297 g/mol. The highest BCUT2D eigenvalue weighted by Gasteiger charge is 2.26. The van der Waals surface area contributed by atoms with E-state index in [2.05, 4.69) is 40.7 Å². The maximum atomic E-state index is 9.45. The molecule has 1 aromatic rings. The lowest BCUT2D eigenvalue weighted by Gasteiger charge is -2.31. The fourth-order valence-corrected chi connectivity index (χ4v) is 2.45. The normalized spacial score (nSPS) is 15.4. The molecule has 1 aliphatic rings. The van der Waals surface area contributed by atoms with Gasteiger partial charge in [0.1, 0.15) is 0 Å². The molecule has 94 valence electrons. The third kappa shape index (κ3) is 3.23. The van der Waals surface area contributed by atoms with Crippen molar-refractivity contribution in [3.8, 4) is 0 Å². The van der Waals surface area contributed by atoms with Crippen LogP contribution >= 0.6 is 15.9 Å². The summed E-state index contributed by atoms with van der Waals surface area (Å²) in [4.78, 5) is 2.41. The highest BCUT2D eigenvalue weighted by atomic mass is 79.9. The van der Waals surface area contributed by atoms with E-state index < -0.39 is 0 Å². The van der Waals surface area contributed by atoms with Crippen molar-refractivity contribution in [2.24, 2.45) is 5.92 Å². The van der Waals surface area contributed by atoms with Gasteiger partial charge >= 0.3 is 0 Å². The van der Waals surface area contributed by atoms with Crippen molar-refractivity contribution in [1.82, 2.24) is 0 Å². The summed E-state index contributed by atoms with van der Waals surface area (Å²) in [6, 6.07) is 6.58. The lowest BCUT2D eigenvalue weighted by molar-refractivity contribution is 0.282. The topological polar surface area (TPSA) is 23.5 Å². The van der Waals surface area contributed by atoms with Crippen molar-refractivity contribution in [3.63, 3.8) is 0 Å². The Labute approximate surface area is 112 Å². The first-order valence-corrected chi connectivity index (χ1v) is 7.07. The van der Waals surface area contributed by atoms with Crippen LogP contribution in [0.3, 0.4) is 0 Å². The predicted molar refractivity (Wildman–Crippen MR) is 75.3 cm³/mol. The van der Waals surface area contributed by atoms with Gasteiger partial charge in [0.05, 0.1) is 6.61 Å². The molecule has 0 spiro atoms. The van der Waals surface area contributed by atoms with Crippen molar-refractivity contribution in [2.45, 2.75) is 39.3 Å². The predicted octanol–water partition coefficient (Wildman–Crippen LogP) is 3.57. The van der Waals surface area contributed by atoms with Gasteiger partial charge in [-0.05, 0) is 44.7 Å². The van der Waals surface area contributed by atoms with Crippen LogP contribution in [0.15, 0.2) is 22.7 Å². The minimum absolute atomic E-state index is 0.108. The van der Waals surface area contributed by atoms with Gasteiger partial charge in [-0.1, -0.05) is 22.0 Å². The van der Waals surface area contributed by atoms with Crippen LogP contribution in [0.5, 0.6) is 0 Å². The molecule has 0 radical (unpaired) electrons. The zero-order chi connectivity index (χ0) is 12.4. The molecule has 0 saturated heterocycles. The third-order valence-electron chi connectivity index (χ3n) is 3.30. The Kier molecular flexibility index (Phi) is 4.10. The van der Waals surface area contributed by atoms with Gasteiger partial charge in [-0.15, -0.1) is 0 Å². The Morgan fingerprint density at radius 1 is 1.41 bits per heavy atom. The summed E-state index contributed by atoms with van der Waals surface area (Å²) in [7, 11) is 0. The largest absolute Gasteiger partial charge is 0.392 e. The van der Waals surface area contributed by atoms with Gasteiger partial charge in [-0.3, -0.25) is 0 Å². The number of nitrogens with zero attached hydrogens (tertiary/aromatic N) is 1. The zero-order valence-electron chi connectivity index (χ0n) is 10.5. The quantitative estimate of drug-likeness (QED) is 0.898. The van der Waals surface area contributed by atoms with Gasteiger partial charge in [-0.25, -0.2) is 0 Å². The van der Waals surface area contributed by atoms with E-state index in [1.54, 1.807) is 0 Å². The summed E-state index contributed by atoms with van der Waals surface area (Å²) in [5, 5.41) is 9.45. The fraction of sp³-hybridized carbons (Fsp3) is 0.571. The smallest absolute Gasteiger partial charge is 0.0702 e. The van der Waals surface area contributed by atoms with E-state index >= 15 is 0 Å². The highest BCUT2D eigenvalue weighted by molar-refractivity contribution is 9.10. The summed E-state index contributed by atoms with van der Waals surface area (Å²) in [5.41, 5.74) is 2.19. The molecule has 2 nitrogen and oxygen atoms in total. The Hall–Kier alpha value is -0.540. The Morgan fingerprint density at radius 2 is 2.12 bits per heavy atom. The minimum Gasteiger partial charge on any atom is -0.392 e. The molecule has 17 heavy (non-hydrogen) atoms. The molecule has 1 fully saturated rings. The van der Waals surface area contributed by atoms with E-state index in [4.69, 9.17) is 0 Å². The molecule has 1 saturated carbocycles. The molecule has 2 rings (SSSR count). The molecule has 1 N–H and O–H groups in total. The van der Waals surface area contributed by atoms with Crippen molar-refractivity contribution >= 4 is 21.6 Å². The van der Waals surface area contributed by atoms with E-state index in [0.717, 1.165) is 22.5 Å². The lowest BCUT2D eigenvalue weighted by Crippen LogP contribution is -2.33. The highest BCUT2D eigenvalue weighted by Crippen LogP contribution is 2.34. The number of benzene rings is 1. The van der Waals surface area contributed by atoms with E-state index in [1.165, 1.54) is 18.5 Å². The van der Waals surface area contributed by atoms with Crippen molar-refractivity contribution < 1.29 is 5.11 Å². The fourth-order valence-electron chi connectivity index (χ4n) is 2.10. The van der Waals surface area contributed by atoms with Crippen molar-refractivity contribution in [1.29, 1.82) is 0 Å². The maximum absolute atomic E-state index is 9.45. The molecule has 0 unspecified atom stereocenters. The van der Waals surface area contributed by atoms with Crippen LogP contribution < -0.4 is 4.90 Å². The molecule has 1 aliphatic carbocycles. The molecule has 0 bridgehead atoms. The summed E-state index contributed by atoms with van der Waals surface area (Å²) in [6.45, 7) is 5.65. The standard InChI is InChI=1S/C14H20BrNO/c1-10(2)16(8-11-3-4-11)14-7-13(15)6-5-12(14)9-17/h5-7,10-11,17H,3-4,8-9H2,1-2H3. The van der Waals surface area contributed by atoms with Crippen molar-refractivity contribution in [3.05, 3.63) is 28.2 Å². The van der Waals surface area contributed by atoms with Crippen molar-refractivity contribution in [2.75, 3.05) is 11.4 Å². The van der Waals surface area contributed by atoms with Crippen LogP contribution in [0.1, 0.15) is 32.3 Å². The van der Waals surface area contributed by atoms with Gasteiger partial charge in [0, 0.05) is 28.3 Å². The van der Waals surface area contributed by atoms with E-state index in [0.29, 0.717) is 6.04 Å². The van der Waals surface area contributed by atoms with Crippen LogP contribution in [0.2, 0.25) is 0 Å². The van der Waals surface area contributed by atoms with E-state index in [1.807, 2.05) is 12.1 Å². The summed E-state index contributed by atoms with van der Waals surface area (Å²) in [5.74, 6) is 0.850. The summed E-state index contributed by atoms with van der Waals surface area (Å²) in [6.07, 6.45) is 2.71. The SMILES string of the molecule is CC(C)N(CC1CC1)c1cc(Br)ccc1CO. The van der Waals surface area contributed by atoms with Crippen LogP contribution in [0.25, 0.3) is 0 Å². The molecule has 0 heterocycles. The number of aliphatic hydroxyl groups excluding tert-OH is 1. The first-order valence-electron chi connectivity index (χ1n) is 6.27. The minimum atomic E-state index is 0.108.